The van der Waals surface area contributed by atoms with Gasteiger partial charge in [-0.15, -0.1) is 0 Å². The summed E-state index contributed by atoms with van der Waals surface area (Å²) in [6, 6.07) is 5.70. The highest BCUT2D eigenvalue weighted by molar-refractivity contribution is 5.94. The molecule has 0 aliphatic carbocycles. The van der Waals surface area contributed by atoms with Gasteiger partial charge in [0.2, 0.25) is 0 Å². The number of rotatable bonds is 7. The Hall–Kier alpha value is -2.37. The van der Waals surface area contributed by atoms with Crippen LogP contribution in [0.5, 0.6) is 0 Å². The molecule has 3 N–H and O–H groups in total. The molecule has 0 unspecified atom stereocenters. The monoisotopic (exact) mass is 287 g/mol. The molecule has 0 fully saturated rings. The van der Waals surface area contributed by atoms with Crippen LogP contribution in [-0.4, -0.2) is 34.2 Å². The number of aryl methyl sites for hydroxylation is 1. The number of carbonyl (C=O) groups is 1. The summed E-state index contributed by atoms with van der Waals surface area (Å²) >= 11 is 0. The van der Waals surface area contributed by atoms with Crippen molar-refractivity contribution in [2.45, 2.75) is 26.7 Å². The van der Waals surface area contributed by atoms with Gasteiger partial charge in [-0.2, -0.15) is 5.10 Å². The molecule has 0 aliphatic heterocycles. The lowest BCUT2D eigenvalue weighted by Gasteiger charge is -2.10. The van der Waals surface area contributed by atoms with Crippen LogP contribution in [0.25, 0.3) is 0 Å². The highest BCUT2D eigenvalue weighted by Gasteiger charge is 2.07. The summed E-state index contributed by atoms with van der Waals surface area (Å²) in [5.74, 6) is 0.699. The zero-order valence-corrected chi connectivity index (χ0v) is 12.4. The SMILES string of the molecule is CCCNc1ccc(C(=O)NCCc2ncn[nH]2)cc1C. The third kappa shape index (κ3) is 4.30. The van der Waals surface area contributed by atoms with E-state index in [1.807, 2.05) is 25.1 Å². The number of amides is 1. The first-order chi connectivity index (χ1) is 10.2. The second-order valence-corrected chi connectivity index (χ2v) is 4.89. The predicted octanol–water partition coefficient (Wildman–Crippen LogP) is 1.91. The quantitative estimate of drug-likeness (QED) is 0.726. The topological polar surface area (TPSA) is 82.7 Å². The Kier molecular flexibility index (Phi) is 5.31. The van der Waals surface area contributed by atoms with E-state index in [1.54, 1.807) is 0 Å². The van der Waals surface area contributed by atoms with Crippen LogP contribution in [0.4, 0.5) is 5.69 Å². The third-order valence-electron chi connectivity index (χ3n) is 3.17. The molecule has 112 valence electrons. The van der Waals surface area contributed by atoms with Crippen molar-refractivity contribution in [3.8, 4) is 0 Å². The van der Waals surface area contributed by atoms with Crippen LogP contribution in [0, 0.1) is 6.92 Å². The van der Waals surface area contributed by atoms with Gasteiger partial charge in [0.1, 0.15) is 12.2 Å². The number of nitrogens with zero attached hydrogens (tertiary/aromatic N) is 2. The van der Waals surface area contributed by atoms with Gasteiger partial charge in [-0.05, 0) is 37.1 Å². The maximum absolute atomic E-state index is 12.1. The van der Waals surface area contributed by atoms with Gasteiger partial charge in [0, 0.05) is 30.8 Å². The average Bonchev–Trinajstić information content (AvgIpc) is 2.99. The van der Waals surface area contributed by atoms with Gasteiger partial charge in [0.15, 0.2) is 0 Å². The van der Waals surface area contributed by atoms with E-state index < -0.39 is 0 Å². The van der Waals surface area contributed by atoms with Gasteiger partial charge < -0.3 is 10.6 Å². The Morgan fingerprint density at radius 1 is 1.33 bits per heavy atom. The lowest BCUT2D eigenvalue weighted by molar-refractivity contribution is 0.0954. The second-order valence-electron chi connectivity index (χ2n) is 4.89. The predicted molar refractivity (Wildman–Crippen MR) is 82.4 cm³/mol. The summed E-state index contributed by atoms with van der Waals surface area (Å²) in [6.45, 7) is 5.59. The average molecular weight is 287 g/mol. The standard InChI is InChI=1S/C15H21N5O/c1-3-7-16-13-5-4-12(9-11(13)2)15(21)17-8-6-14-18-10-19-20-14/h4-5,9-10,16H,3,6-8H2,1-2H3,(H,17,21)(H,18,19,20). The number of anilines is 1. The lowest BCUT2D eigenvalue weighted by atomic mass is 10.1. The maximum atomic E-state index is 12.1. The molecular weight excluding hydrogens is 266 g/mol. The van der Waals surface area contributed by atoms with Crippen molar-refractivity contribution < 1.29 is 4.79 Å². The summed E-state index contributed by atoms with van der Waals surface area (Å²) in [5.41, 5.74) is 2.83. The largest absolute Gasteiger partial charge is 0.385 e. The molecular formula is C15H21N5O. The van der Waals surface area contributed by atoms with Crippen LogP contribution in [0.1, 0.15) is 35.1 Å². The summed E-state index contributed by atoms with van der Waals surface area (Å²) in [4.78, 5) is 16.1. The number of aromatic nitrogens is 3. The number of hydrogen-bond acceptors (Lipinski definition) is 4. The summed E-state index contributed by atoms with van der Waals surface area (Å²) < 4.78 is 0. The normalized spacial score (nSPS) is 10.4. The molecule has 0 saturated heterocycles. The Morgan fingerprint density at radius 2 is 2.19 bits per heavy atom. The van der Waals surface area contributed by atoms with E-state index in [4.69, 9.17) is 0 Å². The number of H-pyrrole nitrogens is 1. The number of nitrogens with one attached hydrogen (secondary N) is 3. The molecule has 21 heavy (non-hydrogen) atoms. The van der Waals surface area contributed by atoms with Crippen LogP contribution in [-0.2, 0) is 6.42 Å². The first kappa shape index (κ1) is 15.0. The van der Waals surface area contributed by atoms with Crippen LogP contribution < -0.4 is 10.6 Å². The minimum Gasteiger partial charge on any atom is -0.385 e. The fourth-order valence-corrected chi connectivity index (χ4v) is 2.01. The van der Waals surface area contributed by atoms with Crippen LogP contribution in [0.3, 0.4) is 0 Å². The zero-order chi connectivity index (χ0) is 15.1. The first-order valence-electron chi connectivity index (χ1n) is 7.17. The van der Waals surface area contributed by atoms with Crippen molar-refractivity contribution in [2.24, 2.45) is 0 Å². The van der Waals surface area contributed by atoms with Crippen LogP contribution >= 0.6 is 0 Å². The van der Waals surface area contributed by atoms with Gasteiger partial charge in [0.25, 0.3) is 5.91 Å². The Morgan fingerprint density at radius 3 is 2.86 bits per heavy atom. The minimum atomic E-state index is -0.0698. The van der Waals surface area contributed by atoms with E-state index in [1.165, 1.54) is 6.33 Å². The molecule has 0 spiro atoms. The lowest BCUT2D eigenvalue weighted by Crippen LogP contribution is -2.26. The highest BCUT2D eigenvalue weighted by Crippen LogP contribution is 2.16. The van der Waals surface area contributed by atoms with Crippen LogP contribution in [0.15, 0.2) is 24.5 Å². The van der Waals surface area contributed by atoms with Crippen molar-refractivity contribution in [2.75, 3.05) is 18.4 Å². The van der Waals surface area contributed by atoms with Crippen molar-refractivity contribution >= 4 is 11.6 Å². The van der Waals surface area contributed by atoms with Gasteiger partial charge in [-0.3, -0.25) is 9.89 Å². The van der Waals surface area contributed by atoms with E-state index in [-0.39, 0.29) is 5.91 Å². The first-order valence-corrected chi connectivity index (χ1v) is 7.17. The molecule has 6 heteroatoms. The molecule has 0 saturated carbocycles. The van der Waals surface area contributed by atoms with Crippen molar-refractivity contribution in [1.29, 1.82) is 0 Å². The van der Waals surface area contributed by atoms with E-state index in [0.717, 1.165) is 30.0 Å². The smallest absolute Gasteiger partial charge is 0.251 e. The van der Waals surface area contributed by atoms with E-state index in [9.17, 15) is 4.79 Å². The Labute approximate surface area is 124 Å². The third-order valence-corrected chi connectivity index (χ3v) is 3.17. The van der Waals surface area contributed by atoms with Crippen molar-refractivity contribution in [3.63, 3.8) is 0 Å². The fourth-order valence-electron chi connectivity index (χ4n) is 2.01. The van der Waals surface area contributed by atoms with Gasteiger partial charge in [-0.1, -0.05) is 6.92 Å². The molecule has 1 aromatic carbocycles. The number of hydrogen-bond donors (Lipinski definition) is 3. The highest BCUT2D eigenvalue weighted by atomic mass is 16.1. The van der Waals surface area contributed by atoms with Crippen molar-refractivity contribution in [1.82, 2.24) is 20.5 Å². The van der Waals surface area contributed by atoms with Gasteiger partial charge in [-0.25, -0.2) is 4.98 Å². The number of aromatic amines is 1. The summed E-state index contributed by atoms with van der Waals surface area (Å²) in [6.07, 6.45) is 3.17. The maximum Gasteiger partial charge on any atom is 0.251 e. The summed E-state index contributed by atoms with van der Waals surface area (Å²) in [5, 5.41) is 12.8. The Balaban J connectivity index is 1.88. The van der Waals surface area contributed by atoms with Gasteiger partial charge >= 0.3 is 0 Å². The number of carbonyl (C=O) groups excluding carboxylic acids is 1. The molecule has 0 radical (unpaired) electrons. The fraction of sp³-hybridized carbons (Fsp3) is 0.400. The van der Waals surface area contributed by atoms with Crippen LogP contribution in [0.2, 0.25) is 0 Å². The molecule has 1 aromatic heterocycles. The molecule has 1 heterocycles. The molecule has 0 atom stereocenters. The van der Waals surface area contributed by atoms with Gasteiger partial charge in [0.05, 0.1) is 0 Å². The molecule has 6 nitrogen and oxygen atoms in total. The molecule has 2 rings (SSSR count). The minimum absolute atomic E-state index is 0.0698. The number of benzene rings is 1. The molecule has 2 aromatic rings. The zero-order valence-electron chi connectivity index (χ0n) is 12.4. The molecule has 0 aliphatic rings. The molecule has 0 bridgehead atoms. The van der Waals surface area contributed by atoms with E-state index in [0.29, 0.717) is 18.5 Å². The van der Waals surface area contributed by atoms with E-state index in [2.05, 4.69) is 32.7 Å². The second kappa shape index (κ2) is 7.42. The molecule has 1 amide bonds. The Bertz CT molecular complexity index is 580. The van der Waals surface area contributed by atoms with Crippen molar-refractivity contribution in [3.05, 3.63) is 41.5 Å². The summed E-state index contributed by atoms with van der Waals surface area (Å²) in [7, 11) is 0. The van der Waals surface area contributed by atoms with E-state index >= 15 is 0 Å².